The van der Waals surface area contributed by atoms with Crippen LogP contribution in [0.3, 0.4) is 0 Å². The second kappa shape index (κ2) is 7.99. The van der Waals surface area contributed by atoms with Crippen molar-refractivity contribution in [2.45, 2.75) is 4.90 Å². The van der Waals surface area contributed by atoms with Gasteiger partial charge in [0.05, 0.1) is 9.83 Å². The van der Waals surface area contributed by atoms with Crippen molar-refractivity contribution in [1.82, 2.24) is 5.32 Å². The van der Waals surface area contributed by atoms with Gasteiger partial charge in [0, 0.05) is 22.2 Å². The van der Waals surface area contributed by atoms with E-state index in [0.29, 0.717) is 19.3 Å². The minimum atomic E-state index is -4.25. The smallest absolute Gasteiger partial charge is 0.339 e. The zero-order chi connectivity index (χ0) is 20.5. The Labute approximate surface area is 177 Å². The Morgan fingerprint density at radius 2 is 1.89 bits per heavy atom. The summed E-state index contributed by atoms with van der Waals surface area (Å²) in [6, 6.07) is 8.90. The van der Waals surface area contributed by atoms with Gasteiger partial charge in [0.2, 0.25) is 0 Å². The third kappa shape index (κ3) is 4.58. The summed E-state index contributed by atoms with van der Waals surface area (Å²) in [5.41, 5.74) is 0.0930. The van der Waals surface area contributed by atoms with Gasteiger partial charge in [0.15, 0.2) is 0 Å². The summed E-state index contributed by atoms with van der Waals surface area (Å²) in [5, 5.41) is 13.2. The SMILES string of the molecule is O=C1NC(=S)S/C1=C/c1cc(Br)ccc1OS(=O)(=O)c1ccc([N+](=O)[O-])cc1. The lowest BCUT2D eigenvalue weighted by Gasteiger charge is -2.10. The van der Waals surface area contributed by atoms with Crippen molar-refractivity contribution in [3.63, 3.8) is 0 Å². The molecular weight excluding hydrogens is 492 g/mol. The van der Waals surface area contributed by atoms with Crippen LogP contribution in [0.2, 0.25) is 0 Å². The number of amides is 1. The highest BCUT2D eigenvalue weighted by Gasteiger charge is 2.24. The Hall–Kier alpha value is -2.28. The first-order valence-electron chi connectivity index (χ1n) is 7.39. The first-order chi connectivity index (χ1) is 13.2. The number of hydrogen-bond donors (Lipinski definition) is 1. The zero-order valence-electron chi connectivity index (χ0n) is 13.6. The topological polar surface area (TPSA) is 116 Å². The Morgan fingerprint density at radius 3 is 2.46 bits per heavy atom. The van der Waals surface area contributed by atoms with E-state index in [9.17, 15) is 23.3 Å². The number of nitrogens with zero attached hydrogens (tertiary/aromatic N) is 1. The number of carbonyl (C=O) groups excluding carboxylic acids is 1. The summed E-state index contributed by atoms with van der Waals surface area (Å²) in [6.45, 7) is 0. The van der Waals surface area contributed by atoms with E-state index in [-0.39, 0.29) is 22.2 Å². The van der Waals surface area contributed by atoms with Crippen molar-refractivity contribution in [1.29, 1.82) is 0 Å². The van der Waals surface area contributed by atoms with Crippen LogP contribution in [0.15, 0.2) is 56.7 Å². The molecule has 1 aliphatic rings. The minimum Gasteiger partial charge on any atom is -0.378 e. The first-order valence-corrected chi connectivity index (χ1v) is 10.8. The summed E-state index contributed by atoms with van der Waals surface area (Å²) >= 11 is 9.27. The standard InChI is InChI=1S/C16H9BrN2O6S3/c17-10-1-6-13(9(7-10)8-14-15(20)18-16(26)27-14)25-28(23,24)12-4-2-11(3-5-12)19(21)22/h1-8H,(H,18,20,26)/b14-8+. The van der Waals surface area contributed by atoms with Crippen LogP contribution in [0.4, 0.5) is 5.69 Å². The van der Waals surface area contributed by atoms with Crippen LogP contribution in [0.1, 0.15) is 5.56 Å². The maximum Gasteiger partial charge on any atom is 0.339 e. The van der Waals surface area contributed by atoms with Crippen molar-refractivity contribution >= 4 is 72.0 Å². The molecule has 1 heterocycles. The lowest BCUT2D eigenvalue weighted by Crippen LogP contribution is -2.17. The molecule has 8 nitrogen and oxygen atoms in total. The van der Waals surface area contributed by atoms with E-state index < -0.39 is 15.0 Å². The minimum absolute atomic E-state index is 0.0136. The molecule has 0 spiro atoms. The molecule has 2 aromatic carbocycles. The van der Waals surface area contributed by atoms with Crippen LogP contribution >= 0.6 is 39.9 Å². The molecule has 0 radical (unpaired) electrons. The number of nitro groups is 1. The van der Waals surface area contributed by atoms with E-state index in [1.165, 1.54) is 12.1 Å². The molecular formula is C16H9BrN2O6S3. The molecule has 3 rings (SSSR count). The number of carbonyl (C=O) groups is 1. The van der Waals surface area contributed by atoms with Gasteiger partial charge in [-0.3, -0.25) is 14.9 Å². The molecule has 1 saturated heterocycles. The van der Waals surface area contributed by atoms with Gasteiger partial charge >= 0.3 is 10.1 Å². The summed E-state index contributed by atoms with van der Waals surface area (Å²) in [7, 11) is -4.25. The molecule has 1 aliphatic heterocycles. The summed E-state index contributed by atoms with van der Waals surface area (Å²) in [6.07, 6.45) is 1.46. The number of nitrogens with one attached hydrogen (secondary N) is 1. The highest BCUT2D eigenvalue weighted by Crippen LogP contribution is 2.32. The fraction of sp³-hybridized carbons (Fsp3) is 0. The number of hydrogen-bond acceptors (Lipinski definition) is 8. The van der Waals surface area contributed by atoms with Gasteiger partial charge in [-0.15, -0.1) is 0 Å². The van der Waals surface area contributed by atoms with Crippen molar-refractivity contribution in [2.24, 2.45) is 0 Å². The molecule has 1 fully saturated rings. The van der Waals surface area contributed by atoms with E-state index >= 15 is 0 Å². The van der Waals surface area contributed by atoms with Crippen LogP contribution in [-0.4, -0.2) is 23.6 Å². The molecule has 28 heavy (non-hydrogen) atoms. The van der Waals surface area contributed by atoms with Crippen LogP contribution in [0.25, 0.3) is 6.08 Å². The molecule has 0 bridgehead atoms. The quantitative estimate of drug-likeness (QED) is 0.217. The Bertz CT molecular complexity index is 1130. The second-order valence-corrected chi connectivity index (χ2v) is 9.50. The molecule has 1 N–H and O–H groups in total. The van der Waals surface area contributed by atoms with Crippen LogP contribution in [0.5, 0.6) is 5.75 Å². The number of rotatable bonds is 5. The molecule has 144 valence electrons. The zero-order valence-corrected chi connectivity index (χ0v) is 17.7. The normalized spacial score (nSPS) is 15.5. The molecule has 0 aromatic heterocycles. The number of nitro benzene ring substituents is 1. The lowest BCUT2D eigenvalue weighted by atomic mass is 10.2. The number of thioether (sulfide) groups is 1. The Morgan fingerprint density at radius 1 is 1.21 bits per heavy atom. The molecule has 12 heteroatoms. The van der Waals surface area contributed by atoms with E-state index in [2.05, 4.69) is 21.2 Å². The predicted molar refractivity (Wildman–Crippen MR) is 111 cm³/mol. The molecule has 0 atom stereocenters. The molecule has 1 amide bonds. The average molecular weight is 501 g/mol. The van der Waals surface area contributed by atoms with Gasteiger partial charge in [0.1, 0.15) is 15.0 Å². The van der Waals surface area contributed by atoms with E-state index in [1.807, 2.05) is 0 Å². The molecule has 0 unspecified atom stereocenters. The van der Waals surface area contributed by atoms with Gasteiger partial charge in [-0.05, 0) is 36.4 Å². The van der Waals surface area contributed by atoms with Crippen LogP contribution in [-0.2, 0) is 14.9 Å². The van der Waals surface area contributed by atoms with Gasteiger partial charge < -0.3 is 9.50 Å². The molecule has 2 aromatic rings. The number of non-ortho nitro benzene ring substituents is 1. The van der Waals surface area contributed by atoms with Crippen LogP contribution in [0, 0.1) is 10.1 Å². The van der Waals surface area contributed by atoms with Crippen molar-refractivity contribution in [3.05, 3.63) is 67.5 Å². The third-order valence-corrected chi connectivity index (χ3v) is 6.34. The van der Waals surface area contributed by atoms with E-state index in [1.54, 1.807) is 12.1 Å². The molecule has 0 saturated carbocycles. The van der Waals surface area contributed by atoms with Crippen LogP contribution < -0.4 is 9.50 Å². The third-order valence-electron chi connectivity index (χ3n) is 3.44. The predicted octanol–water partition coefficient (Wildman–Crippen LogP) is 3.61. The summed E-state index contributed by atoms with van der Waals surface area (Å²) < 4.78 is 31.2. The Balaban J connectivity index is 1.96. The number of thiocarbonyl (C=S) groups is 1. The maximum absolute atomic E-state index is 12.5. The van der Waals surface area contributed by atoms with E-state index in [4.69, 9.17) is 16.4 Å². The largest absolute Gasteiger partial charge is 0.378 e. The van der Waals surface area contributed by atoms with Crippen molar-refractivity contribution < 1.29 is 22.3 Å². The van der Waals surface area contributed by atoms with Crippen molar-refractivity contribution in [3.8, 4) is 5.75 Å². The van der Waals surface area contributed by atoms with Gasteiger partial charge in [-0.1, -0.05) is 39.9 Å². The fourth-order valence-corrected chi connectivity index (χ4v) is 4.54. The number of halogens is 1. The highest BCUT2D eigenvalue weighted by molar-refractivity contribution is 9.10. The Kier molecular flexibility index (Phi) is 5.84. The first kappa shape index (κ1) is 20.5. The monoisotopic (exact) mass is 500 g/mol. The highest BCUT2D eigenvalue weighted by atomic mass is 79.9. The number of benzene rings is 2. The maximum atomic E-state index is 12.5. The van der Waals surface area contributed by atoms with Crippen molar-refractivity contribution in [2.75, 3.05) is 0 Å². The summed E-state index contributed by atoms with van der Waals surface area (Å²) in [4.78, 5) is 22.0. The lowest BCUT2D eigenvalue weighted by molar-refractivity contribution is -0.384. The van der Waals surface area contributed by atoms with Gasteiger partial charge in [-0.25, -0.2) is 0 Å². The second-order valence-electron chi connectivity index (χ2n) is 5.32. The average Bonchev–Trinajstić information content (AvgIpc) is 2.94. The van der Waals surface area contributed by atoms with Gasteiger partial charge in [0.25, 0.3) is 11.6 Å². The fourth-order valence-electron chi connectivity index (χ4n) is 2.17. The molecule has 0 aliphatic carbocycles. The van der Waals surface area contributed by atoms with Gasteiger partial charge in [-0.2, -0.15) is 8.42 Å². The summed E-state index contributed by atoms with van der Waals surface area (Å²) in [5.74, 6) is -0.403. The van der Waals surface area contributed by atoms with E-state index in [0.717, 1.165) is 36.0 Å².